The maximum absolute atomic E-state index is 11.4. The van der Waals surface area contributed by atoms with Gasteiger partial charge in [0, 0.05) is 16.3 Å². The van der Waals surface area contributed by atoms with Crippen LogP contribution in [0.25, 0.3) is 11.4 Å². The van der Waals surface area contributed by atoms with Gasteiger partial charge in [0.25, 0.3) is 0 Å². The van der Waals surface area contributed by atoms with Gasteiger partial charge in [-0.15, -0.1) is 0 Å². The normalized spacial score (nSPS) is 11.7. The molecular weight excluding hydrogens is 276 g/mol. The first kappa shape index (κ1) is 13.0. The molecule has 0 atom stereocenters. The van der Waals surface area contributed by atoms with Crippen LogP contribution in [0.4, 0.5) is 0 Å². The molecule has 0 aliphatic rings. The van der Waals surface area contributed by atoms with E-state index in [1.165, 1.54) is 0 Å². The van der Waals surface area contributed by atoms with Crippen molar-refractivity contribution in [3.8, 4) is 11.4 Å². The smallest absolute Gasteiger partial charge is 0.242 e. The Hall–Kier alpha value is -1.40. The van der Waals surface area contributed by atoms with E-state index in [1.807, 2.05) is 0 Å². The average Bonchev–Trinajstić information content (AvgIpc) is 2.78. The van der Waals surface area contributed by atoms with E-state index < -0.39 is 9.84 Å². The Morgan fingerprint density at radius 2 is 1.94 bits per heavy atom. The molecule has 96 valence electrons. The zero-order chi connectivity index (χ0) is 13.2. The highest BCUT2D eigenvalue weighted by molar-refractivity contribution is 7.90. The Labute approximate surface area is 110 Å². The van der Waals surface area contributed by atoms with Gasteiger partial charge in [0.15, 0.2) is 9.84 Å². The molecule has 2 rings (SSSR count). The quantitative estimate of drug-likeness (QED) is 0.862. The Morgan fingerprint density at radius 1 is 1.28 bits per heavy atom. The highest BCUT2D eigenvalue weighted by Gasteiger charge is 2.15. The third-order valence-electron chi connectivity index (χ3n) is 2.35. The number of sulfone groups is 1. The van der Waals surface area contributed by atoms with E-state index >= 15 is 0 Å². The first-order chi connectivity index (χ1) is 8.50. The van der Waals surface area contributed by atoms with Gasteiger partial charge in [-0.1, -0.05) is 23.7 Å². The fraction of sp³-hybridized carbons (Fsp3) is 0.273. The summed E-state index contributed by atoms with van der Waals surface area (Å²) >= 11 is 5.77. The number of halogens is 1. The number of benzene rings is 1. The van der Waals surface area contributed by atoms with E-state index in [1.54, 1.807) is 31.2 Å². The lowest BCUT2D eigenvalue weighted by Gasteiger charge is -1.94. The van der Waals surface area contributed by atoms with Crippen molar-refractivity contribution in [2.75, 3.05) is 5.75 Å². The highest BCUT2D eigenvalue weighted by Crippen LogP contribution is 2.19. The summed E-state index contributed by atoms with van der Waals surface area (Å²) in [4.78, 5) is 4.04. The Balaban J connectivity index is 2.23. The molecule has 0 unspecified atom stereocenters. The van der Waals surface area contributed by atoms with E-state index in [-0.39, 0.29) is 17.4 Å². The van der Waals surface area contributed by atoms with Crippen molar-refractivity contribution in [1.29, 1.82) is 0 Å². The van der Waals surface area contributed by atoms with Crippen LogP contribution in [0.2, 0.25) is 5.02 Å². The first-order valence-electron chi connectivity index (χ1n) is 5.29. The minimum atomic E-state index is -3.17. The number of hydrogen-bond acceptors (Lipinski definition) is 5. The Kier molecular flexibility index (Phi) is 3.68. The number of rotatable bonds is 4. The van der Waals surface area contributed by atoms with E-state index in [2.05, 4.69) is 10.1 Å². The van der Waals surface area contributed by atoms with Crippen LogP contribution in [0.15, 0.2) is 28.8 Å². The lowest BCUT2D eigenvalue weighted by atomic mass is 10.2. The predicted octanol–water partition coefficient (Wildman–Crippen LogP) is 2.32. The van der Waals surface area contributed by atoms with Crippen LogP contribution in [-0.4, -0.2) is 24.3 Å². The van der Waals surface area contributed by atoms with Gasteiger partial charge in [0.2, 0.25) is 11.7 Å². The van der Waals surface area contributed by atoms with E-state index in [4.69, 9.17) is 16.1 Å². The third kappa shape index (κ3) is 3.08. The summed E-state index contributed by atoms with van der Waals surface area (Å²) in [7, 11) is -3.17. The molecular formula is C11H11ClN2O3S. The van der Waals surface area contributed by atoms with Crippen LogP contribution in [0.3, 0.4) is 0 Å². The standard InChI is InChI=1S/C11H11ClN2O3S/c1-2-18(15,16)7-10-13-11(14-17-10)8-3-5-9(12)6-4-8/h3-6H,2,7H2,1H3. The lowest BCUT2D eigenvalue weighted by Crippen LogP contribution is -2.06. The van der Waals surface area contributed by atoms with Crippen LogP contribution in [0.1, 0.15) is 12.8 Å². The SMILES string of the molecule is CCS(=O)(=O)Cc1nc(-c2ccc(Cl)cc2)no1. The fourth-order valence-corrected chi connectivity index (χ4v) is 2.14. The average molecular weight is 287 g/mol. The summed E-state index contributed by atoms with van der Waals surface area (Å²) in [6, 6.07) is 6.89. The van der Waals surface area contributed by atoms with Gasteiger partial charge >= 0.3 is 0 Å². The van der Waals surface area contributed by atoms with Crippen molar-refractivity contribution in [1.82, 2.24) is 10.1 Å². The van der Waals surface area contributed by atoms with Gasteiger partial charge in [0.05, 0.1) is 0 Å². The molecule has 18 heavy (non-hydrogen) atoms. The van der Waals surface area contributed by atoms with E-state index in [9.17, 15) is 8.42 Å². The molecule has 1 heterocycles. The minimum absolute atomic E-state index is 0.0473. The van der Waals surface area contributed by atoms with Crippen LogP contribution in [-0.2, 0) is 15.6 Å². The largest absolute Gasteiger partial charge is 0.338 e. The fourth-order valence-electron chi connectivity index (χ4n) is 1.32. The molecule has 5 nitrogen and oxygen atoms in total. The Morgan fingerprint density at radius 3 is 2.56 bits per heavy atom. The maximum Gasteiger partial charge on any atom is 0.242 e. The van der Waals surface area contributed by atoms with E-state index in [0.29, 0.717) is 10.8 Å². The zero-order valence-corrected chi connectivity index (χ0v) is 11.2. The highest BCUT2D eigenvalue weighted by atomic mass is 35.5. The zero-order valence-electron chi connectivity index (χ0n) is 9.63. The minimum Gasteiger partial charge on any atom is -0.338 e. The summed E-state index contributed by atoms with van der Waals surface area (Å²) in [5.74, 6) is 0.269. The molecule has 0 aliphatic carbocycles. The molecule has 0 N–H and O–H groups in total. The van der Waals surface area contributed by atoms with Crippen LogP contribution >= 0.6 is 11.6 Å². The van der Waals surface area contributed by atoms with Crippen molar-refractivity contribution in [3.05, 3.63) is 35.2 Å². The summed E-state index contributed by atoms with van der Waals surface area (Å²) in [5.41, 5.74) is 0.725. The predicted molar refractivity (Wildman–Crippen MR) is 67.9 cm³/mol. The van der Waals surface area contributed by atoms with Crippen LogP contribution in [0.5, 0.6) is 0 Å². The molecule has 2 aromatic rings. The molecule has 0 amide bonds. The number of hydrogen-bond donors (Lipinski definition) is 0. The summed E-state index contributed by atoms with van der Waals surface area (Å²) in [6.07, 6.45) is 0. The first-order valence-corrected chi connectivity index (χ1v) is 7.49. The molecule has 0 radical (unpaired) electrons. The molecule has 0 spiro atoms. The summed E-state index contributed by atoms with van der Waals surface area (Å²) in [5, 5.41) is 4.35. The third-order valence-corrected chi connectivity index (χ3v) is 4.17. The van der Waals surface area contributed by atoms with Gasteiger partial charge in [-0.2, -0.15) is 4.98 Å². The molecule has 1 aromatic heterocycles. The molecule has 1 aromatic carbocycles. The van der Waals surface area contributed by atoms with Gasteiger partial charge in [-0.3, -0.25) is 0 Å². The molecule has 0 aliphatic heterocycles. The van der Waals surface area contributed by atoms with Gasteiger partial charge < -0.3 is 4.52 Å². The van der Waals surface area contributed by atoms with Crippen LogP contribution in [0, 0.1) is 0 Å². The monoisotopic (exact) mass is 286 g/mol. The van der Waals surface area contributed by atoms with Crippen molar-refractivity contribution in [3.63, 3.8) is 0 Å². The second-order valence-electron chi connectivity index (χ2n) is 3.70. The van der Waals surface area contributed by atoms with Crippen molar-refractivity contribution in [2.45, 2.75) is 12.7 Å². The molecule has 0 saturated heterocycles. The van der Waals surface area contributed by atoms with Crippen molar-refractivity contribution >= 4 is 21.4 Å². The molecule has 0 bridgehead atoms. The van der Waals surface area contributed by atoms with Gasteiger partial charge in [-0.05, 0) is 24.3 Å². The number of aromatic nitrogens is 2. The summed E-state index contributed by atoms with van der Waals surface area (Å²) < 4.78 is 27.7. The van der Waals surface area contributed by atoms with E-state index in [0.717, 1.165) is 5.56 Å². The molecule has 0 saturated carbocycles. The number of nitrogens with zero attached hydrogens (tertiary/aromatic N) is 2. The second kappa shape index (κ2) is 5.07. The maximum atomic E-state index is 11.4. The second-order valence-corrected chi connectivity index (χ2v) is 6.48. The topological polar surface area (TPSA) is 73.1 Å². The van der Waals surface area contributed by atoms with Gasteiger partial charge in [0.1, 0.15) is 5.75 Å². The summed E-state index contributed by atoms with van der Waals surface area (Å²) in [6.45, 7) is 1.58. The Bertz CT molecular complexity index is 635. The van der Waals surface area contributed by atoms with Crippen LogP contribution < -0.4 is 0 Å². The lowest BCUT2D eigenvalue weighted by molar-refractivity contribution is 0.389. The van der Waals surface area contributed by atoms with Crippen molar-refractivity contribution < 1.29 is 12.9 Å². The van der Waals surface area contributed by atoms with Gasteiger partial charge in [-0.25, -0.2) is 8.42 Å². The molecule has 7 heteroatoms. The molecule has 0 fully saturated rings. The van der Waals surface area contributed by atoms with Crippen molar-refractivity contribution in [2.24, 2.45) is 0 Å².